The third kappa shape index (κ3) is 3.15. The van der Waals surface area contributed by atoms with Crippen molar-refractivity contribution in [1.29, 1.82) is 0 Å². The van der Waals surface area contributed by atoms with E-state index in [0.29, 0.717) is 5.41 Å². The first-order valence-corrected chi connectivity index (χ1v) is 9.36. The largest absolute Gasteiger partial charge is 0.381 e. The summed E-state index contributed by atoms with van der Waals surface area (Å²) in [6.45, 7) is 3.10. The number of fused-ring (bicyclic) bond motifs is 1. The number of hydrogen-bond acceptors (Lipinski definition) is 3. The molecule has 2 fully saturated rings. The van der Waals surface area contributed by atoms with Crippen molar-refractivity contribution in [2.24, 2.45) is 5.41 Å². The van der Waals surface area contributed by atoms with Gasteiger partial charge in [-0.2, -0.15) is 0 Å². The van der Waals surface area contributed by atoms with Crippen molar-refractivity contribution in [2.45, 2.75) is 49.0 Å². The molecule has 21 heavy (non-hydrogen) atoms. The van der Waals surface area contributed by atoms with E-state index in [1.807, 2.05) is 11.8 Å². The lowest BCUT2D eigenvalue weighted by atomic mass is 9.72. The molecule has 1 unspecified atom stereocenters. The number of ether oxygens (including phenoxy) is 1. The Morgan fingerprint density at radius 3 is 2.81 bits per heavy atom. The van der Waals surface area contributed by atoms with Gasteiger partial charge in [-0.15, -0.1) is 11.8 Å². The van der Waals surface area contributed by atoms with Crippen molar-refractivity contribution in [3.05, 3.63) is 29.8 Å². The second-order valence-electron chi connectivity index (χ2n) is 7.02. The molecule has 1 saturated carbocycles. The van der Waals surface area contributed by atoms with Crippen LogP contribution in [-0.4, -0.2) is 31.6 Å². The Balaban J connectivity index is 1.48. The van der Waals surface area contributed by atoms with Crippen LogP contribution in [0.2, 0.25) is 0 Å². The van der Waals surface area contributed by atoms with Gasteiger partial charge in [0.05, 0.1) is 0 Å². The third-order valence-corrected chi connectivity index (χ3v) is 6.63. The molecular weight excluding hydrogens is 278 g/mol. The molecule has 0 spiro atoms. The molecule has 0 amide bonds. The third-order valence-electron chi connectivity index (χ3n) is 5.37. The van der Waals surface area contributed by atoms with Crippen LogP contribution in [0, 0.1) is 5.41 Å². The summed E-state index contributed by atoms with van der Waals surface area (Å²) in [5.74, 6) is 2.01. The fourth-order valence-corrected chi connectivity index (χ4v) is 5.08. The first kappa shape index (κ1) is 14.1. The normalized spacial score (nSPS) is 27.5. The van der Waals surface area contributed by atoms with E-state index in [-0.39, 0.29) is 0 Å². The maximum absolute atomic E-state index is 5.65. The lowest BCUT2D eigenvalue weighted by molar-refractivity contribution is 0.00761. The second-order valence-corrected chi connectivity index (χ2v) is 8.08. The average Bonchev–Trinajstić information content (AvgIpc) is 3.28. The van der Waals surface area contributed by atoms with Crippen LogP contribution in [-0.2, 0) is 4.74 Å². The highest BCUT2D eigenvalue weighted by atomic mass is 32.2. The predicted octanol–water partition coefficient (Wildman–Crippen LogP) is 3.81. The van der Waals surface area contributed by atoms with E-state index in [9.17, 15) is 0 Å². The lowest BCUT2D eigenvalue weighted by Gasteiger charge is -2.39. The molecule has 2 heterocycles. The Morgan fingerprint density at radius 2 is 2.00 bits per heavy atom. The zero-order valence-corrected chi connectivity index (χ0v) is 13.5. The summed E-state index contributed by atoms with van der Waals surface area (Å²) in [5.41, 5.74) is 2.06. The Kier molecular flexibility index (Phi) is 3.99. The minimum absolute atomic E-state index is 0.462. The molecule has 1 aromatic carbocycles. The summed E-state index contributed by atoms with van der Waals surface area (Å²) < 4.78 is 5.65. The maximum atomic E-state index is 5.65. The van der Waals surface area contributed by atoms with Gasteiger partial charge in [-0.1, -0.05) is 18.2 Å². The van der Waals surface area contributed by atoms with Gasteiger partial charge in [0.1, 0.15) is 0 Å². The summed E-state index contributed by atoms with van der Waals surface area (Å²) in [5, 5.41) is 3.80. The number of benzene rings is 1. The van der Waals surface area contributed by atoms with E-state index in [1.165, 1.54) is 49.3 Å². The van der Waals surface area contributed by atoms with Crippen LogP contribution in [0.1, 0.15) is 43.6 Å². The molecule has 1 N–H and O–H groups in total. The van der Waals surface area contributed by atoms with Crippen molar-refractivity contribution in [1.82, 2.24) is 5.32 Å². The molecule has 1 aromatic rings. The Labute approximate surface area is 132 Å². The zero-order chi connectivity index (χ0) is 14.1. The maximum Gasteiger partial charge on any atom is 0.0471 e. The molecule has 2 nitrogen and oxygen atoms in total. The van der Waals surface area contributed by atoms with Crippen LogP contribution in [0.5, 0.6) is 0 Å². The predicted molar refractivity (Wildman–Crippen MR) is 88.0 cm³/mol. The van der Waals surface area contributed by atoms with Gasteiger partial charge in [-0.05, 0) is 55.1 Å². The topological polar surface area (TPSA) is 21.3 Å². The Morgan fingerprint density at radius 1 is 1.19 bits per heavy atom. The first-order valence-electron chi connectivity index (χ1n) is 8.38. The zero-order valence-electron chi connectivity index (χ0n) is 12.6. The Bertz CT molecular complexity index is 494. The van der Waals surface area contributed by atoms with Gasteiger partial charge >= 0.3 is 0 Å². The van der Waals surface area contributed by atoms with Crippen LogP contribution in [0.15, 0.2) is 29.2 Å². The molecule has 0 aromatic heterocycles. The number of hydrogen-bond donors (Lipinski definition) is 1. The molecule has 4 rings (SSSR count). The van der Waals surface area contributed by atoms with Gasteiger partial charge in [0, 0.05) is 36.4 Å². The van der Waals surface area contributed by atoms with Gasteiger partial charge in [-0.25, -0.2) is 0 Å². The highest BCUT2D eigenvalue weighted by Crippen LogP contribution is 2.47. The van der Waals surface area contributed by atoms with E-state index in [2.05, 4.69) is 29.6 Å². The molecule has 3 heteroatoms. The number of thioether (sulfide) groups is 1. The van der Waals surface area contributed by atoms with Gasteiger partial charge in [0.15, 0.2) is 0 Å². The second kappa shape index (κ2) is 5.94. The minimum Gasteiger partial charge on any atom is -0.381 e. The standard InChI is InChI=1S/C18H25NOS/c1-2-4-17-16(3-1)14(12-21-17)11-18(7-9-20-10-8-18)13-19-15-5-6-15/h1-4,14-15,19H,5-13H2. The van der Waals surface area contributed by atoms with E-state index in [1.54, 1.807) is 5.56 Å². The molecule has 2 aliphatic heterocycles. The SMILES string of the molecule is c1ccc2c(c1)SCC2CC1(CNC2CC2)CCOCC1. The monoisotopic (exact) mass is 303 g/mol. The molecule has 3 aliphatic rings. The number of rotatable bonds is 5. The summed E-state index contributed by atoms with van der Waals surface area (Å²) >= 11 is 2.05. The molecule has 0 radical (unpaired) electrons. The van der Waals surface area contributed by atoms with Crippen LogP contribution in [0.4, 0.5) is 0 Å². The van der Waals surface area contributed by atoms with Crippen molar-refractivity contribution in [3.63, 3.8) is 0 Å². The molecule has 1 atom stereocenters. The quantitative estimate of drug-likeness (QED) is 0.893. The van der Waals surface area contributed by atoms with E-state index in [4.69, 9.17) is 4.74 Å². The van der Waals surface area contributed by atoms with Crippen molar-refractivity contribution < 1.29 is 4.74 Å². The van der Waals surface area contributed by atoms with Gasteiger partial charge in [-0.3, -0.25) is 0 Å². The summed E-state index contributed by atoms with van der Waals surface area (Å²) in [7, 11) is 0. The van der Waals surface area contributed by atoms with Gasteiger partial charge in [0.2, 0.25) is 0 Å². The minimum atomic E-state index is 0.462. The van der Waals surface area contributed by atoms with Crippen LogP contribution in [0.3, 0.4) is 0 Å². The van der Waals surface area contributed by atoms with E-state index >= 15 is 0 Å². The summed E-state index contributed by atoms with van der Waals surface area (Å²) in [6.07, 6.45) is 6.57. The average molecular weight is 303 g/mol. The van der Waals surface area contributed by atoms with E-state index < -0.39 is 0 Å². The molecule has 0 bridgehead atoms. The molecule has 1 saturated heterocycles. The Hall–Kier alpha value is -0.510. The van der Waals surface area contributed by atoms with Gasteiger partial charge < -0.3 is 10.1 Å². The van der Waals surface area contributed by atoms with Crippen molar-refractivity contribution >= 4 is 11.8 Å². The molecule has 1 aliphatic carbocycles. The van der Waals surface area contributed by atoms with Crippen LogP contribution in [0.25, 0.3) is 0 Å². The fraction of sp³-hybridized carbons (Fsp3) is 0.667. The number of nitrogens with one attached hydrogen (secondary N) is 1. The van der Waals surface area contributed by atoms with E-state index in [0.717, 1.165) is 25.2 Å². The highest BCUT2D eigenvalue weighted by molar-refractivity contribution is 7.99. The van der Waals surface area contributed by atoms with Crippen LogP contribution >= 0.6 is 11.8 Å². The smallest absolute Gasteiger partial charge is 0.0471 e. The molecular formula is C18H25NOS. The molecule has 114 valence electrons. The highest BCUT2D eigenvalue weighted by Gasteiger charge is 2.38. The summed E-state index contributed by atoms with van der Waals surface area (Å²) in [4.78, 5) is 1.51. The van der Waals surface area contributed by atoms with Crippen molar-refractivity contribution in [3.8, 4) is 0 Å². The van der Waals surface area contributed by atoms with Crippen LogP contribution < -0.4 is 5.32 Å². The van der Waals surface area contributed by atoms with Crippen molar-refractivity contribution in [2.75, 3.05) is 25.5 Å². The van der Waals surface area contributed by atoms with Gasteiger partial charge in [0.25, 0.3) is 0 Å². The summed E-state index contributed by atoms with van der Waals surface area (Å²) in [6, 6.07) is 9.83. The first-order chi connectivity index (χ1) is 10.3. The lowest BCUT2D eigenvalue weighted by Crippen LogP contribution is -2.41. The fourth-order valence-electron chi connectivity index (χ4n) is 3.83.